The van der Waals surface area contributed by atoms with Gasteiger partial charge in [0.2, 0.25) is 27.6 Å². The van der Waals surface area contributed by atoms with Crippen LogP contribution in [0.4, 0.5) is 0 Å². The van der Waals surface area contributed by atoms with Gasteiger partial charge in [0.1, 0.15) is 0 Å². The van der Waals surface area contributed by atoms with E-state index < -0.39 is 15.9 Å². The van der Waals surface area contributed by atoms with Gasteiger partial charge in [-0.2, -0.15) is 9.29 Å². The molecule has 0 saturated carbocycles. The summed E-state index contributed by atoms with van der Waals surface area (Å²) < 4.78 is 32.3. The molecule has 0 bridgehead atoms. The number of sulfonamides is 1. The minimum Gasteiger partial charge on any atom is -0.347 e. The Labute approximate surface area is 185 Å². The normalized spacial score (nSPS) is 17.4. The van der Waals surface area contributed by atoms with E-state index in [0.29, 0.717) is 35.8 Å². The maximum absolute atomic E-state index is 12.8. The van der Waals surface area contributed by atoms with Gasteiger partial charge >= 0.3 is 0 Å². The first-order valence-electron chi connectivity index (χ1n) is 9.85. The first kappa shape index (κ1) is 21.5. The van der Waals surface area contributed by atoms with E-state index in [1.54, 1.807) is 48.5 Å². The van der Waals surface area contributed by atoms with Crippen molar-refractivity contribution in [1.29, 1.82) is 0 Å². The van der Waals surface area contributed by atoms with Crippen LogP contribution in [0.2, 0.25) is 5.02 Å². The van der Waals surface area contributed by atoms with Crippen molar-refractivity contribution in [2.24, 2.45) is 5.92 Å². The Balaban J connectivity index is 1.37. The lowest BCUT2D eigenvalue weighted by molar-refractivity contribution is -0.126. The second-order valence-electron chi connectivity index (χ2n) is 7.26. The molecule has 1 amide bonds. The van der Waals surface area contributed by atoms with Crippen LogP contribution >= 0.6 is 11.6 Å². The minimum absolute atomic E-state index is 0.0638. The van der Waals surface area contributed by atoms with E-state index in [1.807, 2.05) is 6.07 Å². The number of halogens is 1. The number of benzene rings is 2. The molecule has 1 aliphatic heterocycles. The minimum atomic E-state index is -3.62. The molecule has 3 aromatic rings. The highest BCUT2D eigenvalue weighted by Gasteiger charge is 2.33. The summed E-state index contributed by atoms with van der Waals surface area (Å²) in [7, 11) is -3.62. The third-order valence-electron chi connectivity index (χ3n) is 5.10. The van der Waals surface area contributed by atoms with Gasteiger partial charge in [0.25, 0.3) is 0 Å². The first-order chi connectivity index (χ1) is 14.9. The Hall–Kier alpha value is -2.75. The Kier molecular flexibility index (Phi) is 6.35. The lowest BCUT2D eigenvalue weighted by Gasteiger charge is -2.31. The summed E-state index contributed by atoms with van der Waals surface area (Å²) in [6.07, 6.45) is 1.23. The summed E-state index contributed by atoms with van der Waals surface area (Å²) >= 11 is 5.98. The predicted octanol–water partition coefficient (Wildman–Crippen LogP) is 3.11. The molecule has 1 atom stereocenters. The number of carbonyl (C=O) groups is 1. The number of nitrogens with one attached hydrogen (secondary N) is 1. The van der Waals surface area contributed by atoms with Crippen LogP contribution in [0.5, 0.6) is 0 Å². The van der Waals surface area contributed by atoms with Gasteiger partial charge in [-0.15, -0.1) is 0 Å². The molecule has 8 nitrogen and oxygen atoms in total. The summed E-state index contributed by atoms with van der Waals surface area (Å²) in [5, 5.41) is 7.25. The van der Waals surface area contributed by atoms with Gasteiger partial charge in [-0.1, -0.05) is 47.1 Å². The van der Waals surface area contributed by atoms with Crippen LogP contribution in [0.25, 0.3) is 11.4 Å². The third kappa shape index (κ3) is 4.95. The SMILES string of the molecule is O=C(NCc1nc(-c2cccc(Cl)c2)no1)C1CCCN(S(=O)(=O)c2ccccc2)C1. The highest BCUT2D eigenvalue weighted by atomic mass is 35.5. The molecule has 10 heteroatoms. The molecular formula is C21H21ClN4O4S. The number of hydrogen-bond donors (Lipinski definition) is 1. The van der Waals surface area contributed by atoms with Gasteiger partial charge in [-0.25, -0.2) is 8.42 Å². The number of amides is 1. The number of hydrogen-bond acceptors (Lipinski definition) is 6. The van der Waals surface area contributed by atoms with Crippen LogP contribution in [-0.2, 0) is 21.4 Å². The second-order valence-corrected chi connectivity index (χ2v) is 9.63. The van der Waals surface area contributed by atoms with E-state index in [1.165, 1.54) is 4.31 Å². The molecule has 31 heavy (non-hydrogen) atoms. The van der Waals surface area contributed by atoms with Crippen molar-refractivity contribution in [3.8, 4) is 11.4 Å². The van der Waals surface area contributed by atoms with E-state index in [-0.39, 0.29) is 29.8 Å². The smallest absolute Gasteiger partial charge is 0.246 e. The van der Waals surface area contributed by atoms with Gasteiger partial charge in [-0.05, 0) is 37.1 Å². The van der Waals surface area contributed by atoms with Crippen LogP contribution in [0.15, 0.2) is 64.0 Å². The van der Waals surface area contributed by atoms with Gasteiger partial charge in [-0.3, -0.25) is 4.79 Å². The number of carbonyl (C=O) groups excluding carboxylic acids is 1. The van der Waals surface area contributed by atoms with Gasteiger partial charge < -0.3 is 9.84 Å². The largest absolute Gasteiger partial charge is 0.347 e. The van der Waals surface area contributed by atoms with Crippen molar-refractivity contribution in [3.05, 3.63) is 65.5 Å². The van der Waals surface area contributed by atoms with Crippen molar-refractivity contribution < 1.29 is 17.7 Å². The molecule has 2 heterocycles. The van der Waals surface area contributed by atoms with E-state index in [9.17, 15) is 13.2 Å². The molecule has 0 spiro atoms. The van der Waals surface area contributed by atoms with Crippen molar-refractivity contribution in [2.45, 2.75) is 24.3 Å². The molecule has 4 rings (SSSR count). The first-order valence-corrected chi connectivity index (χ1v) is 11.7. The molecule has 2 aromatic carbocycles. The van der Waals surface area contributed by atoms with E-state index in [0.717, 1.165) is 0 Å². The molecule has 0 radical (unpaired) electrons. The van der Waals surface area contributed by atoms with E-state index in [2.05, 4.69) is 15.5 Å². The average molecular weight is 461 g/mol. The summed E-state index contributed by atoms with van der Waals surface area (Å²) in [4.78, 5) is 17.2. The summed E-state index contributed by atoms with van der Waals surface area (Å²) in [5.74, 6) is -0.0459. The number of piperidine rings is 1. The maximum Gasteiger partial charge on any atom is 0.246 e. The molecule has 1 aromatic heterocycles. The van der Waals surface area contributed by atoms with Gasteiger partial charge in [0, 0.05) is 23.7 Å². The fourth-order valence-corrected chi connectivity index (χ4v) is 5.23. The van der Waals surface area contributed by atoms with Gasteiger partial charge in [0.05, 0.1) is 17.4 Å². The maximum atomic E-state index is 12.8. The van der Waals surface area contributed by atoms with Crippen LogP contribution in [-0.4, -0.2) is 41.9 Å². The monoisotopic (exact) mass is 460 g/mol. The summed E-state index contributed by atoms with van der Waals surface area (Å²) in [5.41, 5.74) is 0.711. The Morgan fingerprint density at radius 2 is 2.00 bits per heavy atom. The Bertz CT molecular complexity index is 1170. The number of rotatable bonds is 6. The molecular weight excluding hydrogens is 440 g/mol. The van der Waals surface area contributed by atoms with Crippen molar-refractivity contribution in [1.82, 2.24) is 19.8 Å². The number of nitrogens with zero attached hydrogens (tertiary/aromatic N) is 3. The fraction of sp³-hybridized carbons (Fsp3) is 0.286. The van der Waals surface area contributed by atoms with Crippen LogP contribution in [0.1, 0.15) is 18.7 Å². The highest BCUT2D eigenvalue weighted by Crippen LogP contribution is 2.24. The fourth-order valence-electron chi connectivity index (χ4n) is 3.49. The van der Waals surface area contributed by atoms with Crippen LogP contribution in [0.3, 0.4) is 0 Å². The molecule has 1 N–H and O–H groups in total. The third-order valence-corrected chi connectivity index (χ3v) is 7.22. The topological polar surface area (TPSA) is 105 Å². The van der Waals surface area contributed by atoms with Crippen LogP contribution in [0, 0.1) is 5.92 Å². The van der Waals surface area contributed by atoms with Gasteiger partial charge in [0.15, 0.2) is 0 Å². The van der Waals surface area contributed by atoms with Crippen molar-refractivity contribution in [2.75, 3.05) is 13.1 Å². The number of aromatic nitrogens is 2. The molecule has 1 unspecified atom stereocenters. The lowest BCUT2D eigenvalue weighted by Crippen LogP contribution is -2.45. The van der Waals surface area contributed by atoms with E-state index >= 15 is 0 Å². The Morgan fingerprint density at radius 1 is 1.19 bits per heavy atom. The van der Waals surface area contributed by atoms with Crippen molar-refractivity contribution in [3.63, 3.8) is 0 Å². The lowest BCUT2D eigenvalue weighted by atomic mass is 9.99. The summed E-state index contributed by atoms with van der Waals surface area (Å²) in [6.45, 7) is 0.600. The highest BCUT2D eigenvalue weighted by molar-refractivity contribution is 7.89. The van der Waals surface area contributed by atoms with Crippen molar-refractivity contribution >= 4 is 27.5 Å². The zero-order valence-electron chi connectivity index (χ0n) is 16.6. The molecule has 1 fully saturated rings. The zero-order chi connectivity index (χ0) is 21.8. The standard InChI is InChI=1S/C21H21ClN4O4S/c22-17-8-4-6-15(12-17)20-24-19(30-25-20)13-23-21(27)16-7-5-11-26(14-16)31(28,29)18-9-2-1-3-10-18/h1-4,6,8-10,12,16H,5,7,11,13-14H2,(H,23,27). The summed E-state index contributed by atoms with van der Waals surface area (Å²) in [6, 6.07) is 15.3. The second kappa shape index (κ2) is 9.17. The predicted molar refractivity (Wildman–Crippen MR) is 115 cm³/mol. The molecule has 1 saturated heterocycles. The average Bonchev–Trinajstić information content (AvgIpc) is 3.27. The molecule has 162 valence electrons. The van der Waals surface area contributed by atoms with E-state index in [4.69, 9.17) is 16.1 Å². The molecule has 0 aliphatic carbocycles. The zero-order valence-corrected chi connectivity index (χ0v) is 18.1. The van der Waals surface area contributed by atoms with Crippen LogP contribution < -0.4 is 5.32 Å². The molecule has 1 aliphatic rings. The quantitative estimate of drug-likeness (QED) is 0.606. The Morgan fingerprint density at radius 3 is 2.77 bits per heavy atom.